The van der Waals surface area contributed by atoms with Gasteiger partial charge >= 0.3 is 0 Å². The average Bonchev–Trinajstić information content (AvgIpc) is 2.46. The first-order valence-corrected chi connectivity index (χ1v) is 8.06. The van der Waals surface area contributed by atoms with Crippen molar-refractivity contribution in [2.45, 2.75) is 39.2 Å². The summed E-state index contributed by atoms with van der Waals surface area (Å²) in [6.07, 6.45) is 3.12. The molecule has 1 aromatic carbocycles. The number of methoxy groups -OCH3 is 1. The Labute approximate surface area is 133 Å². The molecule has 0 spiro atoms. The van der Waals surface area contributed by atoms with Crippen LogP contribution in [0.1, 0.15) is 32.3 Å². The monoisotopic (exact) mass is 311 g/mol. The highest BCUT2D eigenvalue weighted by molar-refractivity contribution is 6.30. The van der Waals surface area contributed by atoms with E-state index in [1.165, 1.54) is 5.56 Å². The SMILES string of the molecule is COc1ccc(Cl)cc1CC1(CNC(C)C)CCOCC1. The molecule has 0 unspecified atom stereocenters. The van der Waals surface area contributed by atoms with Gasteiger partial charge in [0.15, 0.2) is 0 Å². The van der Waals surface area contributed by atoms with Gasteiger partial charge in [-0.15, -0.1) is 0 Å². The van der Waals surface area contributed by atoms with Gasteiger partial charge in [-0.25, -0.2) is 0 Å². The minimum Gasteiger partial charge on any atom is -0.496 e. The standard InChI is InChI=1S/C17H26ClNO2/c1-13(2)19-12-17(6-8-21-9-7-17)11-14-10-15(18)4-5-16(14)20-3/h4-5,10,13,19H,6-9,11-12H2,1-3H3. The van der Waals surface area contributed by atoms with Crippen LogP contribution >= 0.6 is 11.6 Å². The largest absolute Gasteiger partial charge is 0.496 e. The van der Waals surface area contributed by atoms with Crippen LogP contribution in [0.4, 0.5) is 0 Å². The minimum atomic E-state index is 0.223. The molecule has 0 saturated carbocycles. The van der Waals surface area contributed by atoms with Crippen molar-refractivity contribution in [2.24, 2.45) is 5.41 Å². The molecule has 0 aliphatic carbocycles. The quantitative estimate of drug-likeness (QED) is 0.869. The summed E-state index contributed by atoms with van der Waals surface area (Å²) in [6, 6.07) is 6.37. The van der Waals surface area contributed by atoms with Crippen LogP contribution in [0.15, 0.2) is 18.2 Å². The molecule has 1 N–H and O–H groups in total. The van der Waals surface area contributed by atoms with Gasteiger partial charge in [-0.3, -0.25) is 0 Å². The smallest absolute Gasteiger partial charge is 0.122 e. The molecule has 1 saturated heterocycles. The Morgan fingerprint density at radius 1 is 1.33 bits per heavy atom. The highest BCUT2D eigenvalue weighted by Gasteiger charge is 2.33. The first-order chi connectivity index (χ1) is 10.0. The molecule has 1 aliphatic rings. The highest BCUT2D eigenvalue weighted by Crippen LogP contribution is 2.37. The van der Waals surface area contributed by atoms with Gasteiger partial charge in [-0.1, -0.05) is 25.4 Å². The van der Waals surface area contributed by atoms with E-state index in [1.807, 2.05) is 18.2 Å². The van der Waals surface area contributed by atoms with Crippen molar-refractivity contribution in [3.8, 4) is 5.75 Å². The van der Waals surface area contributed by atoms with E-state index in [-0.39, 0.29) is 5.41 Å². The molecule has 0 amide bonds. The van der Waals surface area contributed by atoms with Crippen molar-refractivity contribution in [3.05, 3.63) is 28.8 Å². The van der Waals surface area contributed by atoms with E-state index in [2.05, 4.69) is 19.2 Å². The Balaban J connectivity index is 2.19. The lowest BCUT2D eigenvalue weighted by atomic mass is 9.75. The Hall–Kier alpha value is -0.770. The normalized spacial score (nSPS) is 18.0. The number of ether oxygens (including phenoxy) is 2. The van der Waals surface area contributed by atoms with Crippen LogP contribution in [0, 0.1) is 5.41 Å². The predicted molar refractivity (Wildman–Crippen MR) is 87.3 cm³/mol. The summed E-state index contributed by atoms with van der Waals surface area (Å²) in [7, 11) is 1.72. The molecule has 1 heterocycles. The molecule has 0 radical (unpaired) electrons. The Morgan fingerprint density at radius 2 is 2.05 bits per heavy atom. The zero-order valence-electron chi connectivity index (χ0n) is 13.2. The van der Waals surface area contributed by atoms with Crippen LogP contribution < -0.4 is 10.1 Å². The number of nitrogens with one attached hydrogen (secondary N) is 1. The molecule has 2 rings (SSSR count). The fourth-order valence-corrected chi connectivity index (χ4v) is 3.13. The lowest BCUT2D eigenvalue weighted by molar-refractivity contribution is 0.0138. The van der Waals surface area contributed by atoms with E-state index in [9.17, 15) is 0 Å². The number of benzene rings is 1. The summed E-state index contributed by atoms with van der Waals surface area (Å²) in [6.45, 7) is 7.05. The van der Waals surface area contributed by atoms with Crippen molar-refractivity contribution in [2.75, 3.05) is 26.9 Å². The van der Waals surface area contributed by atoms with Gasteiger partial charge in [0.2, 0.25) is 0 Å². The summed E-state index contributed by atoms with van der Waals surface area (Å²) in [4.78, 5) is 0. The van der Waals surface area contributed by atoms with E-state index in [0.717, 1.165) is 49.8 Å². The van der Waals surface area contributed by atoms with E-state index in [4.69, 9.17) is 21.1 Å². The molecule has 1 aliphatic heterocycles. The number of rotatable bonds is 6. The lowest BCUT2D eigenvalue weighted by Crippen LogP contribution is -2.43. The maximum absolute atomic E-state index is 6.17. The van der Waals surface area contributed by atoms with E-state index in [0.29, 0.717) is 6.04 Å². The molecule has 0 aromatic heterocycles. The molecule has 0 atom stereocenters. The molecular formula is C17H26ClNO2. The van der Waals surface area contributed by atoms with E-state index < -0.39 is 0 Å². The zero-order valence-corrected chi connectivity index (χ0v) is 14.0. The molecule has 1 aromatic rings. The van der Waals surface area contributed by atoms with Gasteiger partial charge in [0.1, 0.15) is 5.75 Å². The van der Waals surface area contributed by atoms with Crippen molar-refractivity contribution in [1.29, 1.82) is 0 Å². The van der Waals surface area contributed by atoms with Crippen LogP contribution in [0.2, 0.25) is 5.02 Å². The zero-order chi connectivity index (χ0) is 15.3. The summed E-state index contributed by atoms with van der Waals surface area (Å²) >= 11 is 6.17. The maximum Gasteiger partial charge on any atom is 0.122 e. The second-order valence-corrected chi connectivity index (χ2v) is 6.72. The van der Waals surface area contributed by atoms with Gasteiger partial charge < -0.3 is 14.8 Å². The number of halogens is 1. The molecule has 118 valence electrons. The summed E-state index contributed by atoms with van der Waals surface area (Å²) in [5.74, 6) is 0.926. The van der Waals surface area contributed by atoms with Crippen molar-refractivity contribution < 1.29 is 9.47 Å². The maximum atomic E-state index is 6.17. The van der Waals surface area contributed by atoms with E-state index in [1.54, 1.807) is 7.11 Å². The second kappa shape index (κ2) is 7.48. The van der Waals surface area contributed by atoms with Gasteiger partial charge in [0.05, 0.1) is 7.11 Å². The summed E-state index contributed by atoms with van der Waals surface area (Å²) in [5, 5.41) is 4.37. The third-order valence-corrected chi connectivity index (χ3v) is 4.48. The second-order valence-electron chi connectivity index (χ2n) is 6.28. The summed E-state index contributed by atoms with van der Waals surface area (Å²) in [5.41, 5.74) is 1.41. The van der Waals surface area contributed by atoms with Crippen molar-refractivity contribution >= 4 is 11.6 Å². The van der Waals surface area contributed by atoms with Crippen LogP contribution in [-0.2, 0) is 11.2 Å². The predicted octanol–water partition coefficient (Wildman–Crippen LogP) is 3.69. The number of hydrogen-bond donors (Lipinski definition) is 1. The van der Waals surface area contributed by atoms with Crippen molar-refractivity contribution in [3.63, 3.8) is 0 Å². The molecule has 4 heteroatoms. The Morgan fingerprint density at radius 3 is 2.67 bits per heavy atom. The Bertz CT molecular complexity index is 456. The Kier molecular flexibility index (Phi) is 5.91. The lowest BCUT2D eigenvalue weighted by Gasteiger charge is -2.38. The third kappa shape index (κ3) is 4.60. The third-order valence-electron chi connectivity index (χ3n) is 4.25. The average molecular weight is 312 g/mol. The fourth-order valence-electron chi connectivity index (χ4n) is 2.93. The van der Waals surface area contributed by atoms with E-state index >= 15 is 0 Å². The van der Waals surface area contributed by atoms with Crippen LogP contribution in [-0.4, -0.2) is 32.9 Å². The van der Waals surface area contributed by atoms with Gasteiger partial charge in [-0.2, -0.15) is 0 Å². The molecule has 3 nitrogen and oxygen atoms in total. The first kappa shape index (κ1) is 16.6. The molecule has 0 bridgehead atoms. The highest BCUT2D eigenvalue weighted by atomic mass is 35.5. The molecule has 1 fully saturated rings. The van der Waals surface area contributed by atoms with Gasteiger partial charge in [0.25, 0.3) is 0 Å². The van der Waals surface area contributed by atoms with Crippen LogP contribution in [0.3, 0.4) is 0 Å². The topological polar surface area (TPSA) is 30.5 Å². The molecule has 21 heavy (non-hydrogen) atoms. The minimum absolute atomic E-state index is 0.223. The number of hydrogen-bond acceptors (Lipinski definition) is 3. The first-order valence-electron chi connectivity index (χ1n) is 7.68. The van der Waals surface area contributed by atoms with Gasteiger partial charge in [0, 0.05) is 30.8 Å². The summed E-state index contributed by atoms with van der Waals surface area (Å²) < 4.78 is 11.1. The van der Waals surface area contributed by atoms with Crippen LogP contribution in [0.5, 0.6) is 5.75 Å². The van der Waals surface area contributed by atoms with Crippen LogP contribution in [0.25, 0.3) is 0 Å². The van der Waals surface area contributed by atoms with Crippen molar-refractivity contribution in [1.82, 2.24) is 5.32 Å². The van der Waals surface area contributed by atoms with Gasteiger partial charge in [-0.05, 0) is 48.4 Å². The fraction of sp³-hybridized carbons (Fsp3) is 0.647. The molecular weight excluding hydrogens is 286 g/mol.